The second-order valence-corrected chi connectivity index (χ2v) is 4.49. The number of benzene rings is 1. The summed E-state index contributed by atoms with van der Waals surface area (Å²) in [4.78, 5) is 16.4. The second-order valence-electron chi connectivity index (χ2n) is 4.49. The Morgan fingerprint density at radius 3 is 2.90 bits per heavy atom. The van der Waals surface area contributed by atoms with Crippen LogP contribution in [0.4, 0.5) is 0 Å². The highest BCUT2D eigenvalue weighted by molar-refractivity contribution is 6.07. The summed E-state index contributed by atoms with van der Waals surface area (Å²) in [6.07, 6.45) is 1.26. The lowest BCUT2D eigenvalue weighted by atomic mass is 10.0. The molecular weight excluding hydrogens is 254 g/mol. The molecule has 1 aromatic carbocycles. The molecule has 2 aromatic rings. The van der Waals surface area contributed by atoms with Crippen molar-refractivity contribution in [1.29, 1.82) is 0 Å². The molecular formula is C16H17NO3. The smallest absolute Gasteiger partial charge is 0.187 e. The van der Waals surface area contributed by atoms with Crippen LogP contribution in [-0.4, -0.2) is 22.5 Å². The lowest BCUT2D eigenvalue weighted by molar-refractivity contribution is 0.103. The normalized spacial score (nSPS) is 10.7. The van der Waals surface area contributed by atoms with Crippen LogP contribution in [0.15, 0.2) is 30.9 Å². The first-order chi connectivity index (χ1) is 9.58. The van der Waals surface area contributed by atoms with Gasteiger partial charge in [-0.1, -0.05) is 12.6 Å². The molecule has 1 N–H and O–H groups in total. The van der Waals surface area contributed by atoms with E-state index in [9.17, 15) is 9.90 Å². The average Bonchev–Trinajstić information content (AvgIpc) is 2.47. The maximum atomic E-state index is 12.0. The van der Waals surface area contributed by atoms with E-state index in [0.717, 1.165) is 10.9 Å². The summed E-state index contributed by atoms with van der Waals surface area (Å²) in [7, 11) is 0. The Hall–Kier alpha value is -2.20. The molecule has 1 aromatic heterocycles. The van der Waals surface area contributed by atoms with Gasteiger partial charge in [-0.2, -0.15) is 0 Å². The van der Waals surface area contributed by atoms with Gasteiger partial charge in [0.25, 0.3) is 0 Å². The number of aryl methyl sites for hydroxylation is 1. The molecule has 2 rings (SSSR count). The maximum absolute atomic E-state index is 12.0. The third kappa shape index (κ3) is 2.56. The van der Waals surface area contributed by atoms with Crippen molar-refractivity contribution in [2.24, 2.45) is 0 Å². The molecule has 0 aliphatic heterocycles. The van der Waals surface area contributed by atoms with Gasteiger partial charge in [0, 0.05) is 17.6 Å². The number of nitrogens with zero attached hydrogens (tertiary/aromatic N) is 1. The zero-order chi connectivity index (χ0) is 14.7. The monoisotopic (exact) mass is 271 g/mol. The van der Waals surface area contributed by atoms with Gasteiger partial charge < -0.3 is 9.84 Å². The van der Waals surface area contributed by atoms with E-state index >= 15 is 0 Å². The van der Waals surface area contributed by atoms with Crippen molar-refractivity contribution < 1.29 is 14.6 Å². The van der Waals surface area contributed by atoms with Crippen LogP contribution in [0, 0.1) is 6.92 Å². The number of hydrogen-bond donors (Lipinski definition) is 1. The van der Waals surface area contributed by atoms with E-state index in [1.165, 1.54) is 6.08 Å². The minimum Gasteiger partial charge on any atom is -0.506 e. The molecule has 0 atom stereocenters. The molecule has 0 spiro atoms. The van der Waals surface area contributed by atoms with E-state index in [1.54, 1.807) is 18.2 Å². The highest BCUT2D eigenvalue weighted by Crippen LogP contribution is 2.28. The first-order valence-corrected chi connectivity index (χ1v) is 6.45. The van der Waals surface area contributed by atoms with Crippen molar-refractivity contribution in [3.05, 3.63) is 47.7 Å². The number of carbonyl (C=O) groups is 1. The fourth-order valence-electron chi connectivity index (χ4n) is 2.05. The predicted molar refractivity (Wildman–Crippen MR) is 78.0 cm³/mol. The molecule has 4 nitrogen and oxygen atoms in total. The summed E-state index contributed by atoms with van der Waals surface area (Å²) >= 11 is 0. The summed E-state index contributed by atoms with van der Waals surface area (Å²) in [5.74, 6) is -0.0993. The van der Waals surface area contributed by atoms with Crippen molar-refractivity contribution >= 4 is 16.7 Å². The Morgan fingerprint density at radius 1 is 1.50 bits per heavy atom. The number of ketones is 1. The zero-order valence-electron chi connectivity index (χ0n) is 11.6. The standard InChI is InChI=1S/C16H17NO3/c1-4-14(18)12-8-11-10(3)6-7-15(19)16(11)17-13(12)9-20-5-2/h4,6-8,19H,1,5,9H2,2-3H3. The van der Waals surface area contributed by atoms with Crippen LogP contribution >= 0.6 is 0 Å². The summed E-state index contributed by atoms with van der Waals surface area (Å²) in [6.45, 7) is 8.05. The summed E-state index contributed by atoms with van der Waals surface area (Å²) < 4.78 is 5.34. The lowest BCUT2D eigenvalue weighted by Gasteiger charge is -2.11. The van der Waals surface area contributed by atoms with E-state index in [2.05, 4.69) is 11.6 Å². The third-order valence-electron chi connectivity index (χ3n) is 3.15. The maximum Gasteiger partial charge on any atom is 0.187 e. The highest BCUT2D eigenvalue weighted by atomic mass is 16.5. The van der Waals surface area contributed by atoms with Gasteiger partial charge >= 0.3 is 0 Å². The van der Waals surface area contributed by atoms with Crippen LogP contribution in [0.2, 0.25) is 0 Å². The van der Waals surface area contributed by atoms with Crippen LogP contribution in [-0.2, 0) is 11.3 Å². The molecule has 0 saturated carbocycles. The Kier molecular flexibility index (Phi) is 4.15. The molecule has 0 aliphatic carbocycles. The van der Waals surface area contributed by atoms with Crippen molar-refractivity contribution in [3.8, 4) is 5.75 Å². The predicted octanol–water partition coefficient (Wildman–Crippen LogP) is 3.15. The first kappa shape index (κ1) is 14.2. The van der Waals surface area contributed by atoms with E-state index in [4.69, 9.17) is 4.74 Å². The lowest BCUT2D eigenvalue weighted by Crippen LogP contribution is -2.06. The molecule has 0 bridgehead atoms. The van der Waals surface area contributed by atoms with E-state index < -0.39 is 0 Å². The quantitative estimate of drug-likeness (QED) is 0.670. The average molecular weight is 271 g/mol. The molecule has 0 aliphatic rings. The fourth-order valence-corrected chi connectivity index (χ4v) is 2.05. The van der Waals surface area contributed by atoms with Gasteiger partial charge in [0.05, 0.1) is 12.3 Å². The van der Waals surface area contributed by atoms with Gasteiger partial charge in [0.2, 0.25) is 0 Å². The van der Waals surface area contributed by atoms with Crippen LogP contribution in [0.1, 0.15) is 28.5 Å². The van der Waals surface area contributed by atoms with Gasteiger partial charge in [-0.15, -0.1) is 0 Å². The number of pyridine rings is 1. The number of hydrogen-bond acceptors (Lipinski definition) is 4. The van der Waals surface area contributed by atoms with Gasteiger partial charge in [-0.3, -0.25) is 4.79 Å². The van der Waals surface area contributed by atoms with Crippen LogP contribution < -0.4 is 0 Å². The number of ether oxygens (including phenoxy) is 1. The molecule has 0 amide bonds. The van der Waals surface area contributed by atoms with E-state index in [-0.39, 0.29) is 18.1 Å². The van der Waals surface area contributed by atoms with Crippen molar-refractivity contribution in [2.45, 2.75) is 20.5 Å². The number of aromatic nitrogens is 1. The van der Waals surface area contributed by atoms with Crippen LogP contribution in [0.5, 0.6) is 5.75 Å². The Morgan fingerprint density at radius 2 is 2.25 bits per heavy atom. The largest absolute Gasteiger partial charge is 0.506 e. The zero-order valence-corrected chi connectivity index (χ0v) is 11.6. The minimum atomic E-state index is -0.197. The second kappa shape index (κ2) is 5.84. The third-order valence-corrected chi connectivity index (χ3v) is 3.15. The van der Waals surface area contributed by atoms with Crippen LogP contribution in [0.25, 0.3) is 10.9 Å². The summed E-state index contributed by atoms with van der Waals surface area (Å²) in [5.41, 5.74) is 2.42. The number of carbonyl (C=O) groups excluding carboxylic acids is 1. The van der Waals surface area contributed by atoms with Gasteiger partial charge in [-0.25, -0.2) is 4.98 Å². The molecule has 20 heavy (non-hydrogen) atoms. The first-order valence-electron chi connectivity index (χ1n) is 6.45. The van der Waals surface area contributed by atoms with Gasteiger partial charge in [-0.05, 0) is 37.6 Å². The van der Waals surface area contributed by atoms with Gasteiger partial charge in [0.15, 0.2) is 5.78 Å². The van der Waals surface area contributed by atoms with Crippen molar-refractivity contribution in [2.75, 3.05) is 6.61 Å². The van der Waals surface area contributed by atoms with Crippen molar-refractivity contribution in [1.82, 2.24) is 4.98 Å². The summed E-state index contributed by atoms with van der Waals surface area (Å²) in [5, 5.41) is 10.7. The Balaban J connectivity index is 2.70. The molecule has 104 valence electrons. The number of allylic oxidation sites excluding steroid dienone is 1. The molecule has 0 unspecified atom stereocenters. The van der Waals surface area contributed by atoms with Crippen LogP contribution in [0.3, 0.4) is 0 Å². The number of rotatable bonds is 5. The minimum absolute atomic E-state index is 0.0981. The highest BCUT2D eigenvalue weighted by Gasteiger charge is 2.15. The van der Waals surface area contributed by atoms with E-state index in [0.29, 0.717) is 23.4 Å². The number of fused-ring (bicyclic) bond motifs is 1. The number of phenols is 1. The van der Waals surface area contributed by atoms with Gasteiger partial charge in [0.1, 0.15) is 11.3 Å². The Labute approximate surface area is 117 Å². The Bertz CT molecular complexity index is 677. The van der Waals surface area contributed by atoms with E-state index in [1.807, 2.05) is 13.8 Å². The topological polar surface area (TPSA) is 59.4 Å². The molecule has 0 radical (unpaired) electrons. The molecule has 0 saturated heterocycles. The molecule has 1 heterocycles. The number of aromatic hydroxyl groups is 1. The van der Waals surface area contributed by atoms with Crippen molar-refractivity contribution in [3.63, 3.8) is 0 Å². The molecule has 4 heteroatoms. The number of phenolic OH excluding ortho intramolecular Hbond substituents is 1. The fraction of sp³-hybridized carbons (Fsp3) is 0.250. The summed E-state index contributed by atoms with van der Waals surface area (Å²) in [6, 6.07) is 5.14. The molecule has 0 fully saturated rings. The SMILES string of the molecule is C=CC(=O)c1cc2c(C)ccc(O)c2nc1COCC.